The zero-order valence-corrected chi connectivity index (χ0v) is 16.6. The maximum absolute atomic E-state index is 11.6. The highest BCUT2D eigenvalue weighted by Crippen LogP contribution is 2.28. The fourth-order valence-electron chi connectivity index (χ4n) is 1.76. The van der Waals surface area contributed by atoms with Crippen LogP contribution in [0.1, 0.15) is 26.2 Å². The van der Waals surface area contributed by atoms with Crippen molar-refractivity contribution in [1.82, 2.24) is 16.0 Å². The molecule has 0 heterocycles. The molecule has 7 nitrogen and oxygen atoms in total. The van der Waals surface area contributed by atoms with Gasteiger partial charge < -0.3 is 25.4 Å². The van der Waals surface area contributed by atoms with Crippen molar-refractivity contribution in [1.29, 1.82) is 0 Å². The van der Waals surface area contributed by atoms with Gasteiger partial charge in [-0.25, -0.2) is 4.99 Å². The smallest absolute Gasteiger partial charge is 0.241 e. The zero-order chi connectivity index (χ0) is 16.0. The quantitative estimate of drug-likeness (QED) is 0.180. The van der Waals surface area contributed by atoms with Gasteiger partial charge in [-0.1, -0.05) is 0 Å². The summed E-state index contributed by atoms with van der Waals surface area (Å²) < 4.78 is 10.4. The summed E-state index contributed by atoms with van der Waals surface area (Å²) in [5.74, 6) is 1.36. The molecule has 0 atom stereocenters. The minimum Gasteiger partial charge on any atom is -0.383 e. The minimum absolute atomic E-state index is 0. The summed E-state index contributed by atoms with van der Waals surface area (Å²) in [7, 11) is 1.60. The minimum atomic E-state index is -0.109. The molecule has 0 aliphatic heterocycles. The van der Waals surface area contributed by atoms with Crippen LogP contribution in [0.25, 0.3) is 0 Å². The van der Waals surface area contributed by atoms with Crippen LogP contribution < -0.4 is 16.0 Å². The van der Waals surface area contributed by atoms with Gasteiger partial charge in [-0.05, 0) is 32.1 Å². The molecule has 136 valence electrons. The Balaban J connectivity index is 0.00000484. The van der Waals surface area contributed by atoms with Crippen molar-refractivity contribution in [3.63, 3.8) is 0 Å². The number of nitrogens with one attached hydrogen (secondary N) is 3. The van der Waals surface area contributed by atoms with Crippen molar-refractivity contribution in [3.05, 3.63) is 0 Å². The molecule has 0 aromatic carbocycles. The van der Waals surface area contributed by atoms with E-state index in [0.29, 0.717) is 19.1 Å². The van der Waals surface area contributed by atoms with Gasteiger partial charge in [-0.3, -0.25) is 4.79 Å². The van der Waals surface area contributed by atoms with E-state index in [2.05, 4.69) is 20.9 Å². The Kier molecular flexibility index (Phi) is 14.6. The Labute approximate surface area is 156 Å². The highest BCUT2D eigenvalue weighted by atomic mass is 127. The zero-order valence-electron chi connectivity index (χ0n) is 14.2. The molecule has 0 unspecified atom stereocenters. The van der Waals surface area contributed by atoms with Gasteiger partial charge in [0.2, 0.25) is 5.91 Å². The number of hydrogen-bond acceptors (Lipinski definition) is 4. The van der Waals surface area contributed by atoms with E-state index in [1.807, 2.05) is 6.92 Å². The molecule has 1 amide bonds. The molecule has 1 aliphatic rings. The highest BCUT2D eigenvalue weighted by Gasteiger charge is 2.20. The molecule has 1 aliphatic carbocycles. The standard InChI is InChI=1S/C15H30N4O3.HI/c1-3-16-15(19-11-14(20)17-8-10-21-2)18-7-4-9-22-12-13-5-6-13;/h13H,3-12H2,1-2H3,(H,17,20)(H2,16,18,19);1H. The molecule has 1 saturated carbocycles. The van der Waals surface area contributed by atoms with E-state index in [9.17, 15) is 4.79 Å². The Morgan fingerprint density at radius 2 is 1.96 bits per heavy atom. The third kappa shape index (κ3) is 13.5. The second kappa shape index (κ2) is 14.9. The van der Waals surface area contributed by atoms with Gasteiger partial charge in [-0.2, -0.15) is 0 Å². The average molecular weight is 442 g/mol. The Hall–Kier alpha value is -0.610. The van der Waals surface area contributed by atoms with Gasteiger partial charge in [0.05, 0.1) is 6.61 Å². The molecule has 0 aromatic rings. The number of methoxy groups -OCH3 is 1. The monoisotopic (exact) mass is 442 g/mol. The molecular weight excluding hydrogens is 411 g/mol. The maximum atomic E-state index is 11.6. The van der Waals surface area contributed by atoms with Crippen LogP contribution in [-0.2, 0) is 14.3 Å². The van der Waals surface area contributed by atoms with Gasteiger partial charge in [0.15, 0.2) is 5.96 Å². The number of hydrogen-bond donors (Lipinski definition) is 3. The first kappa shape index (κ1) is 22.4. The molecule has 0 saturated heterocycles. The predicted octanol–water partition coefficient (Wildman–Crippen LogP) is 0.739. The van der Waals surface area contributed by atoms with Crippen molar-refractivity contribution in [3.8, 4) is 0 Å². The fourth-order valence-corrected chi connectivity index (χ4v) is 1.76. The summed E-state index contributed by atoms with van der Waals surface area (Å²) in [5.41, 5.74) is 0. The number of rotatable bonds is 12. The lowest BCUT2D eigenvalue weighted by atomic mass is 10.4. The molecular formula is C15H31IN4O3. The summed E-state index contributed by atoms with van der Waals surface area (Å²) in [6, 6.07) is 0. The number of ether oxygens (including phenoxy) is 2. The third-order valence-corrected chi connectivity index (χ3v) is 3.16. The van der Waals surface area contributed by atoms with E-state index in [4.69, 9.17) is 9.47 Å². The van der Waals surface area contributed by atoms with Gasteiger partial charge in [0.25, 0.3) is 0 Å². The van der Waals surface area contributed by atoms with Crippen molar-refractivity contribution >= 4 is 35.8 Å². The number of halogens is 1. The van der Waals surface area contributed by atoms with Crippen LogP contribution >= 0.6 is 24.0 Å². The molecule has 0 radical (unpaired) electrons. The van der Waals surface area contributed by atoms with E-state index in [1.165, 1.54) is 12.8 Å². The van der Waals surface area contributed by atoms with Crippen LogP contribution in [0.5, 0.6) is 0 Å². The van der Waals surface area contributed by atoms with E-state index in [-0.39, 0.29) is 36.4 Å². The average Bonchev–Trinajstić information content (AvgIpc) is 3.32. The SMILES string of the molecule is CCNC(=NCC(=O)NCCOC)NCCCOCC1CC1.I. The number of amides is 1. The first-order valence-electron chi connectivity index (χ1n) is 8.11. The van der Waals surface area contributed by atoms with Crippen LogP contribution in [0.2, 0.25) is 0 Å². The summed E-state index contributed by atoms with van der Waals surface area (Å²) in [6.07, 6.45) is 3.57. The van der Waals surface area contributed by atoms with E-state index >= 15 is 0 Å². The van der Waals surface area contributed by atoms with Crippen molar-refractivity contribution < 1.29 is 14.3 Å². The second-order valence-corrected chi connectivity index (χ2v) is 5.34. The largest absolute Gasteiger partial charge is 0.383 e. The van der Waals surface area contributed by atoms with Crippen molar-refractivity contribution in [2.75, 3.05) is 53.1 Å². The van der Waals surface area contributed by atoms with Gasteiger partial charge >= 0.3 is 0 Å². The van der Waals surface area contributed by atoms with Crippen LogP contribution in [0.3, 0.4) is 0 Å². The number of nitrogens with zero attached hydrogens (tertiary/aromatic N) is 1. The number of guanidine groups is 1. The third-order valence-electron chi connectivity index (χ3n) is 3.16. The summed E-state index contributed by atoms with van der Waals surface area (Å²) in [6.45, 7) is 6.32. The lowest BCUT2D eigenvalue weighted by Crippen LogP contribution is -2.39. The molecule has 8 heteroatoms. The van der Waals surface area contributed by atoms with Gasteiger partial charge in [0.1, 0.15) is 6.54 Å². The first-order chi connectivity index (χ1) is 10.8. The predicted molar refractivity (Wildman–Crippen MR) is 102 cm³/mol. The fraction of sp³-hybridized carbons (Fsp3) is 0.867. The normalized spacial score (nSPS) is 14.1. The van der Waals surface area contributed by atoms with Crippen LogP contribution in [0, 0.1) is 5.92 Å². The lowest BCUT2D eigenvalue weighted by Gasteiger charge is -2.11. The van der Waals surface area contributed by atoms with E-state index < -0.39 is 0 Å². The molecule has 23 heavy (non-hydrogen) atoms. The molecule has 0 bridgehead atoms. The molecule has 1 rings (SSSR count). The number of carbonyl (C=O) groups is 1. The van der Waals surface area contributed by atoms with Crippen molar-refractivity contribution in [2.45, 2.75) is 26.2 Å². The highest BCUT2D eigenvalue weighted by molar-refractivity contribution is 14.0. The Bertz CT molecular complexity index is 339. The van der Waals surface area contributed by atoms with Crippen LogP contribution in [0.15, 0.2) is 4.99 Å². The molecule has 1 fully saturated rings. The summed E-state index contributed by atoms with van der Waals surface area (Å²) in [5, 5.41) is 9.05. The van der Waals surface area contributed by atoms with Crippen LogP contribution in [-0.4, -0.2) is 65.0 Å². The van der Waals surface area contributed by atoms with E-state index in [1.54, 1.807) is 7.11 Å². The molecule has 0 aromatic heterocycles. The van der Waals surface area contributed by atoms with Gasteiger partial charge in [0, 0.05) is 40.0 Å². The molecule has 3 N–H and O–H groups in total. The van der Waals surface area contributed by atoms with Gasteiger partial charge in [-0.15, -0.1) is 24.0 Å². The lowest BCUT2D eigenvalue weighted by molar-refractivity contribution is -0.119. The second-order valence-electron chi connectivity index (χ2n) is 5.34. The number of aliphatic imine (C=N–C) groups is 1. The molecule has 0 spiro atoms. The number of carbonyl (C=O) groups excluding carboxylic acids is 1. The Morgan fingerprint density at radius 3 is 2.61 bits per heavy atom. The maximum Gasteiger partial charge on any atom is 0.241 e. The summed E-state index contributed by atoms with van der Waals surface area (Å²) >= 11 is 0. The topological polar surface area (TPSA) is 84.0 Å². The first-order valence-corrected chi connectivity index (χ1v) is 8.11. The summed E-state index contributed by atoms with van der Waals surface area (Å²) in [4.78, 5) is 15.8. The van der Waals surface area contributed by atoms with Crippen molar-refractivity contribution in [2.24, 2.45) is 10.9 Å². The van der Waals surface area contributed by atoms with Crippen LogP contribution in [0.4, 0.5) is 0 Å². The van der Waals surface area contributed by atoms with E-state index in [0.717, 1.165) is 38.6 Å². The Morgan fingerprint density at radius 1 is 1.17 bits per heavy atom.